The molecule has 2 aromatic carbocycles. The molecule has 2 aromatic heterocycles. The van der Waals surface area contributed by atoms with Crippen LogP contribution < -0.4 is 5.32 Å². The maximum absolute atomic E-state index is 13.0. The highest BCUT2D eigenvalue weighted by Crippen LogP contribution is 2.21. The lowest BCUT2D eigenvalue weighted by Crippen LogP contribution is -2.05. The Balaban J connectivity index is 1.47. The first kappa shape index (κ1) is 17.6. The molecule has 0 unspecified atom stereocenters. The van der Waals surface area contributed by atoms with E-state index in [0.717, 1.165) is 11.3 Å². The number of rotatable bonds is 5. The van der Waals surface area contributed by atoms with Crippen LogP contribution in [0.1, 0.15) is 12.5 Å². The quantitative estimate of drug-likeness (QED) is 0.572. The second-order valence-electron chi connectivity index (χ2n) is 6.24. The predicted octanol–water partition coefficient (Wildman–Crippen LogP) is 3.75. The summed E-state index contributed by atoms with van der Waals surface area (Å²) in [4.78, 5) is 19.7. The van der Waals surface area contributed by atoms with E-state index in [1.54, 1.807) is 18.5 Å². The summed E-state index contributed by atoms with van der Waals surface area (Å²) >= 11 is 0. The summed E-state index contributed by atoms with van der Waals surface area (Å²) in [7, 11) is 0. The van der Waals surface area contributed by atoms with Crippen LogP contribution in [0.4, 0.5) is 10.1 Å². The highest BCUT2D eigenvalue weighted by molar-refractivity contribution is 5.88. The number of carbonyl (C=O) groups excluding carboxylic acids is 1. The van der Waals surface area contributed by atoms with Gasteiger partial charge in [-0.15, -0.1) is 0 Å². The minimum absolute atomic E-state index is 0.105. The Bertz CT molecular complexity index is 1100. The Morgan fingerprint density at radius 2 is 1.89 bits per heavy atom. The van der Waals surface area contributed by atoms with Gasteiger partial charge in [-0.3, -0.25) is 4.79 Å². The number of hydrogen-bond donors (Lipinski definition) is 1. The molecule has 0 saturated heterocycles. The van der Waals surface area contributed by atoms with Crippen molar-refractivity contribution < 1.29 is 13.7 Å². The molecule has 4 rings (SSSR count). The zero-order valence-electron chi connectivity index (χ0n) is 15.0. The van der Waals surface area contributed by atoms with Crippen molar-refractivity contribution >= 4 is 11.6 Å². The van der Waals surface area contributed by atoms with Crippen LogP contribution in [0.2, 0.25) is 0 Å². The summed E-state index contributed by atoms with van der Waals surface area (Å²) in [6.45, 7) is 2.08. The van der Waals surface area contributed by atoms with E-state index in [1.165, 1.54) is 19.1 Å². The smallest absolute Gasteiger partial charge is 0.278 e. The van der Waals surface area contributed by atoms with E-state index in [9.17, 15) is 9.18 Å². The van der Waals surface area contributed by atoms with Gasteiger partial charge in [0.25, 0.3) is 5.89 Å². The largest absolute Gasteiger partial charge is 0.332 e. The number of halogens is 1. The second-order valence-corrected chi connectivity index (χ2v) is 6.24. The van der Waals surface area contributed by atoms with Gasteiger partial charge < -0.3 is 14.4 Å². The molecule has 1 N–H and O–H groups in total. The first-order chi connectivity index (χ1) is 13.6. The van der Waals surface area contributed by atoms with Gasteiger partial charge >= 0.3 is 0 Å². The van der Waals surface area contributed by atoms with Crippen molar-refractivity contribution in [2.24, 2.45) is 0 Å². The van der Waals surface area contributed by atoms with Gasteiger partial charge in [-0.1, -0.05) is 17.3 Å². The van der Waals surface area contributed by atoms with E-state index in [0.29, 0.717) is 29.5 Å². The Hall–Kier alpha value is -3.81. The number of carbonyl (C=O) groups is 1. The molecule has 0 aliphatic carbocycles. The Morgan fingerprint density at radius 3 is 2.61 bits per heavy atom. The van der Waals surface area contributed by atoms with Crippen molar-refractivity contribution in [3.8, 4) is 23.0 Å². The zero-order chi connectivity index (χ0) is 19.5. The van der Waals surface area contributed by atoms with E-state index in [-0.39, 0.29) is 11.7 Å². The lowest BCUT2D eigenvalue weighted by atomic mass is 10.2. The minimum Gasteiger partial charge on any atom is -0.332 e. The monoisotopic (exact) mass is 377 g/mol. The van der Waals surface area contributed by atoms with Crippen molar-refractivity contribution in [2.75, 3.05) is 5.32 Å². The van der Waals surface area contributed by atoms with E-state index < -0.39 is 0 Å². The van der Waals surface area contributed by atoms with E-state index in [2.05, 4.69) is 20.4 Å². The van der Waals surface area contributed by atoms with E-state index >= 15 is 0 Å². The first-order valence-electron chi connectivity index (χ1n) is 8.55. The Labute approximate surface area is 159 Å². The summed E-state index contributed by atoms with van der Waals surface area (Å²) in [5, 5.41) is 6.66. The van der Waals surface area contributed by atoms with Gasteiger partial charge in [-0.05, 0) is 42.0 Å². The fourth-order valence-electron chi connectivity index (χ4n) is 2.71. The third kappa shape index (κ3) is 3.96. The van der Waals surface area contributed by atoms with Crippen LogP contribution in [-0.2, 0) is 11.3 Å². The van der Waals surface area contributed by atoms with Crippen LogP contribution in [-0.4, -0.2) is 25.6 Å². The molecule has 0 atom stereocenters. The third-order valence-electron chi connectivity index (χ3n) is 4.02. The number of anilines is 1. The number of nitrogens with one attached hydrogen (secondary N) is 1. The molecule has 4 aromatic rings. The summed E-state index contributed by atoms with van der Waals surface area (Å²) in [5.41, 5.74) is 3.02. The molecule has 8 heteroatoms. The molecule has 7 nitrogen and oxygen atoms in total. The number of aromatic nitrogens is 4. The summed E-state index contributed by atoms with van der Waals surface area (Å²) < 4.78 is 20.2. The number of hydrogen-bond acceptors (Lipinski definition) is 5. The van der Waals surface area contributed by atoms with Crippen LogP contribution in [0.5, 0.6) is 0 Å². The topological polar surface area (TPSA) is 85.8 Å². The fraction of sp³-hybridized carbons (Fsp3) is 0.100. The average molecular weight is 377 g/mol. The van der Waals surface area contributed by atoms with Crippen LogP contribution >= 0.6 is 0 Å². The van der Waals surface area contributed by atoms with Crippen molar-refractivity contribution in [3.05, 3.63) is 72.4 Å². The van der Waals surface area contributed by atoms with Crippen molar-refractivity contribution in [1.29, 1.82) is 0 Å². The zero-order valence-corrected chi connectivity index (χ0v) is 15.0. The molecule has 0 aliphatic rings. The van der Waals surface area contributed by atoms with Crippen LogP contribution in [0, 0.1) is 5.82 Å². The maximum Gasteiger partial charge on any atom is 0.278 e. The number of nitrogens with zero attached hydrogens (tertiary/aromatic N) is 4. The van der Waals surface area contributed by atoms with Gasteiger partial charge in [0, 0.05) is 30.9 Å². The standard InChI is InChI=1S/C20H16FN5O2/c1-13(27)23-17-8-2-14(3-9-17)10-26-11-18(22-12-26)20-24-19(25-28-20)15-4-6-16(21)7-5-15/h2-9,11-12H,10H2,1H3,(H,23,27). The van der Waals surface area contributed by atoms with Crippen LogP contribution in [0.3, 0.4) is 0 Å². The van der Waals surface area contributed by atoms with Gasteiger partial charge in [0.05, 0.1) is 6.33 Å². The van der Waals surface area contributed by atoms with Crippen LogP contribution in [0.15, 0.2) is 65.6 Å². The molecular formula is C20H16FN5O2. The summed E-state index contributed by atoms with van der Waals surface area (Å²) in [6.07, 6.45) is 3.49. The maximum atomic E-state index is 13.0. The van der Waals surface area contributed by atoms with Gasteiger partial charge in [-0.25, -0.2) is 9.37 Å². The van der Waals surface area contributed by atoms with Gasteiger partial charge in [0.1, 0.15) is 11.5 Å². The highest BCUT2D eigenvalue weighted by atomic mass is 19.1. The molecule has 0 radical (unpaired) electrons. The normalized spacial score (nSPS) is 10.8. The van der Waals surface area contributed by atoms with E-state index in [1.807, 2.05) is 35.0 Å². The van der Waals surface area contributed by atoms with Crippen molar-refractivity contribution in [3.63, 3.8) is 0 Å². The lowest BCUT2D eigenvalue weighted by Gasteiger charge is -2.05. The number of imidazole rings is 1. The third-order valence-corrected chi connectivity index (χ3v) is 4.02. The van der Waals surface area contributed by atoms with E-state index in [4.69, 9.17) is 4.52 Å². The van der Waals surface area contributed by atoms with Gasteiger partial charge in [0.2, 0.25) is 11.7 Å². The molecule has 28 heavy (non-hydrogen) atoms. The molecule has 0 bridgehead atoms. The second kappa shape index (κ2) is 7.43. The lowest BCUT2D eigenvalue weighted by molar-refractivity contribution is -0.114. The molecule has 1 amide bonds. The molecule has 0 spiro atoms. The van der Waals surface area contributed by atoms with Crippen molar-refractivity contribution in [2.45, 2.75) is 13.5 Å². The molecule has 0 saturated carbocycles. The number of benzene rings is 2. The fourth-order valence-corrected chi connectivity index (χ4v) is 2.71. The Kier molecular flexibility index (Phi) is 4.67. The molecular weight excluding hydrogens is 361 g/mol. The van der Waals surface area contributed by atoms with Crippen LogP contribution in [0.25, 0.3) is 23.0 Å². The Morgan fingerprint density at radius 1 is 1.14 bits per heavy atom. The number of amides is 1. The minimum atomic E-state index is -0.323. The highest BCUT2D eigenvalue weighted by Gasteiger charge is 2.13. The molecule has 140 valence electrons. The SMILES string of the molecule is CC(=O)Nc1ccc(Cn2cnc(-c3nc(-c4ccc(F)cc4)no3)c2)cc1. The molecule has 0 aliphatic heterocycles. The van der Waals surface area contributed by atoms with Gasteiger partial charge in [0.15, 0.2) is 0 Å². The summed E-state index contributed by atoms with van der Waals surface area (Å²) in [6, 6.07) is 13.4. The average Bonchev–Trinajstić information content (AvgIpc) is 3.33. The molecule has 2 heterocycles. The molecule has 0 fully saturated rings. The van der Waals surface area contributed by atoms with Gasteiger partial charge in [-0.2, -0.15) is 4.98 Å². The summed E-state index contributed by atoms with van der Waals surface area (Å²) in [5.74, 6) is 0.236. The first-order valence-corrected chi connectivity index (χ1v) is 8.55. The van der Waals surface area contributed by atoms with Crippen molar-refractivity contribution in [1.82, 2.24) is 19.7 Å². The predicted molar refractivity (Wildman–Crippen MR) is 101 cm³/mol.